The lowest BCUT2D eigenvalue weighted by Crippen LogP contribution is -2.28. The molecule has 0 amide bonds. The fourth-order valence-corrected chi connectivity index (χ4v) is 1.24. The van der Waals surface area contributed by atoms with Crippen LogP contribution in [0.3, 0.4) is 0 Å². The van der Waals surface area contributed by atoms with Gasteiger partial charge in [0, 0.05) is 12.5 Å². The zero-order valence-electron chi connectivity index (χ0n) is 7.92. The number of carboxylic acids is 1. The fraction of sp³-hybridized carbons (Fsp3) is 0.889. The van der Waals surface area contributed by atoms with E-state index in [1.54, 1.807) is 0 Å². The number of carboxylic acid groups (broad SMARTS) is 1. The molecule has 2 unspecified atom stereocenters. The molecule has 72 valence electrons. The Labute approximate surface area is 74.0 Å². The van der Waals surface area contributed by atoms with Crippen molar-refractivity contribution in [3.63, 3.8) is 0 Å². The lowest BCUT2D eigenvalue weighted by atomic mass is 9.94. The van der Waals surface area contributed by atoms with Crippen LogP contribution in [-0.2, 0) is 4.79 Å². The van der Waals surface area contributed by atoms with Crippen molar-refractivity contribution < 1.29 is 9.90 Å². The summed E-state index contributed by atoms with van der Waals surface area (Å²) in [5, 5.41) is 8.42. The van der Waals surface area contributed by atoms with Gasteiger partial charge in [-0.1, -0.05) is 20.3 Å². The van der Waals surface area contributed by atoms with Gasteiger partial charge in [0.2, 0.25) is 0 Å². The summed E-state index contributed by atoms with van der Waals surface area (Å²) in [6.07, 6.45) is 2.98. The summed E-state index contributed by atoms with van der Waals surface area (Å²) in [6.45, 7) is 4.19. The average Bonchev–Trinajstić information content (AvgIpc) is 2.00. The summed E-state index contributed by atoms with van der Waals surface area (Å²) in [5.41, 5.74) is 5.79. The first kappa shape index (κ1) is 11.4. The molecule has 0 aromatic carbocycles. The lowest BCUT2D eigenvalue weighted by Gasteiger charge is -2.17. The predicted octanol–water partition coefficient (Wildman–Crippen LogP) is 1.61. The van der Waals surface area contributed by atoms with Crippen LogP contribution in [0.2, 0.25) is 0 Å². The third-order valence-electron chi connectivity index (χ3n) is 2.17. The number of hydrogen-bond donors (Lipinski definition) is 2. The highest BCUT2D eigenvalue weighted by molar-refractivity contribution is 5.66. The highest BCUT2D eigenvalue weighted by atomic mass is 16.4. The maximum absolute atomic E-state index is 10.2. The van der Waals surface area contributed by atoms with E-state index in [-0.39, 0.29) is 12.5 Å². The van der Waals surface area contributed by atoms with Crippen molar-refractivity contribution in [2.24, 2.45) is 11.7 Å². The maximum Gasteiger partial charge on any atom is 0.303 e. The second-order valence-corrected chi connectivity index (χ2v) is 3.36. The largest absolute Gasteiger partial charge is 0.481 e. The Bertz CT molecular complexity index is 136. The molecule has 12 heavy (non-hydrogen) atoms. The topological polar surface area (TPSA) is 63.3 Å². The second-order valence-electron chi connectivity index (χ2n) is 3.36. The van der Waals surface area contributed by atoms with Gasteiger partial charge in [-0.05, 0) is 18.8 Å². The average molecular weight is 173 g/mol. The smallest absolute Gasteiger partial charge is 0.303 e. The molecule has 0 fully saturated rings. The summed E-state index contributed by atoms with van der Waals surface area (Å²) in [6, 6.07) is 0.0426. The van der Waals surface area contributed by atoms with Gasteiger partial charge < -0.3 is 10.8 Å². The minimum atomic E-state index is -0.755. The van der Waals surface area contributed by atoms with Crippen molar-refractivity contribution in [1.29, 1.82) is 0 Å². The van der Waals surface area contributed by atoms with Crippen LogP contribution in [0.5, 0.6) is 0 Å². The van der Waals surface area contributed by atoms with Crippen molar-refractivity contribution in [2.75, 3.05) is 0 Å². The third-order valence-corrected chi connectivity index (χ3v) is 2.17. The molecular weight excluding hydrogens is 154 g/mol. The summed E-state index contributed by atoms with van der Waals surface area (Å²) in [7, 11) is 0. The highest BCUT2D eigenvalue weighted by Gasteiger charge is 2.12. The zero-order valence-corrected chi connectivity index (χ0v) is 7.92. The van der Waals surface area contributed by atoms with Crippen LogP contribution >= 0.6 is 0 Å². The van der Waals surface area contributed by atoms with Crippen LogP contribution in [0.25, 0.3) is 0 Å². The van der Waals surface area contributed by atoms with Gasteiger partial charge in [-0.2, -0.15) is 0 Å². The summed E-state index contributed by atoms with van der Waals surface area (Å²) in [4.78, 5) is 10.2. The van der Waals surface area contributed by atoms with Gasteiger partial charge in [-0.25, -0.2) is 0 Å². The van der Waals surface area contributed by atoms with Crippen molar-refractivity contribution in [1.82, 2.24) is 0 Å². The molecule has 2 atom stereocenters. The monoisotopic (exact) mass is 173 g/mol. The van der Waals surface area contributed by atoms with Gasteiger partial charge in [0.1, 0.15) is 0 Å². The highest BCUT2D eigenvalue weighted by Crippen LogP contribution is 2.12. The Morgan fingerprint density at radius 1 is 1.50 bits per heavy atom. The van der Waals surface area contributed by atoms with Gasteiger partial charge in [0.25, 0.3) is 0 Å². The van der Waals surface area contributed by atoms with Crippen LogP contribution in [0.1, 0.15) is 39.5 Å². The molecule has 0 saturated carbocycles. The quantitative estimate of drug-likeness (QED) is 0.641. The van der Waals surface area contributed by atoms with Crippen molar-refractivity contribution in [3.8, 4) is 0 Å². The molecule has 0 aliphatic heterocycles. The Morgan fingerprint density at radius 2 is 2.08 bits per heavy atom. The number of aliphatic carboxylic acids is 1. The van der Waals surface area contributed by atoms with Crippen LogP contribution in [0.15, 0.2) is 0 Å². The zero-order chi connectivity index (χ0) is 9.56. The number of hydrogen-bond acceptors (Lipinski definition) is 2. The van der Waals surface area contributed by atoms with Gasteiger partial charge in [0.05, 0.1) is 0 Å². The second kappa shape index (κ2) is 6.00. The molecule has 0 heterocycles. The maximum atomic E-state index is 10.2. The molecule has 0 aromatic rings. The molecule has 0 aromatic heterocycles. The van der Waals surface area contributed by atoms with E-state index in [2.05, 4.69) is 13.8 Å². The third kappa shape index (κ3) is 5.13. The van der Waals surface area contributed by atoms with E-state index in [0.29, 0.717) is 12.3 Å². The molecule has 3 nitrogen and oxygen atoms in total. The Hall–Kier alpha value is -0.570. The molecule has 0 bridgehead atoms. The summed E-state index contributed by atoms with van der Waals surface area (Å²) in [5.74, 6) is -0.316. The van der Waals surface area contributed by atoms with Crippen molar-refractivity contribution in [3.05, 3.63) is 0 Å². The Balaban J connectivity index is 3.55. The van der Waals surface area contributed by atoms with E-state index in [4.69, 9.17) is 10.8 Å². The van der Waals surface area contributed by atoms with Gasteiger partial charge >= 0.3 is 5.97 Å². The first-order valence-corrected chi connectivity index (χ1v) is 4.55. The first-order valence-electron chi connectivity index (χ1n) is 4.55. The van der Waals surface area contributed by atoms with Crippen LogP contribution in [-0.4, -0.2) is 17.1 Å². The molecule has 3 N–H and O–H groups in total. The van der Waals surface area contributed by atoms with E-state index in [1.165, 1.54) is 0 Å². The fourth-order valence-electron chi connectivity index (χ4n) is 1.24. The SMILES string of the molecule is CCCC(C)C(N)CCC(=O)O. The molecule has 0 rings (SSSR count). The van der Waals surface area contributed by atoms with Crippen LogP contribution in [0.4, 0.5) is 0 Å². The predicted molar refractivity (Wildman–Crippen MR) is 48.9 cm³/mol. The molecular formula is C9H19NO2. The molecule has 0 aliphatic rings. The molecule has 0 radical (unpaired) electrons. The normalized spacial score (nSPS) is 15.6. The van der Waals surface area contributed by atoms with Crippen LogP contribution in [0, 0.1) is 5.92 Å². The van der Waals surface area contributed by atoms with Gasteiger partial charge in [-0.3, -0.25) is 4.79 Å². The minimum Gasteiger partial charge on any atom is -0.481 e. The van der Waals surface area contributed by atoms with E-state index in [1.807, 2.05) is 0 Å². The van der Waals surface area contributed by atoms with Crippen LogP contribution < -0.4 is 5.73 Å². The van der Waals surface area contributed by atoms with E-state index >= 15 is 0 Å². The Morgan fingerprint density at radius 3 is 2.50 bits per heavy atom. The van der Waals surface area contributed by atoms with E-state index in [9.17, 15) is 4.79 Å². The van der Waals surface area contributed by atoms with Gasteiger partial charge in [0.15, 0.2) is 0 Å². The van der Waals surface area contributed by atoms with Gasteiger partial charge in [-0.15, -0.1) is 0 Å². The molecule has 0 aliphatic carbocycles. The number of carbonyl (C=O) groups is 1. The number of nitrogens with two attached hydrogens (primary N) is 1. The van der Waals surface area contributed by atoms with Crippen molar-refractivity contribution >= 4 is 5.97 Å². The number of rotatable bonds is 6. The molecule has 0 saturated heterocycles. The lowest BCUT2D eigenvalue weighted by molar-refractivity contribution is -0.137. The molecule has 0 spiro atoms. The Kier molecular flexibility index (Phi) is 5.72. The minimum absolute atomic E-state index is 0.0426. The molecule has 3 heteroatoms. The van der Waals surface area contributed by atoms with Crippen molar-refractivity contribution in [2.45, 2.75) is 45.6 Å². The first-order chi connectivity index (χ1) is 5.57. The summed E-state index contributed by atoms with van der Waals surface area (Å²) >= 11 is 0. The van der Waals surface area contributed by atoms with E-state index < -0.39 is 5.97 Å². The summed E-state index contributed by atoms with van der Waals surface area (Å²) < 4.78 is 0. The standard InChI is InChI=1S/C9H19NO2/c1-3-4-7(2)8(10)5-6-9(11)12/h7-8H,3-6,10H2,1-2H3,(H,11,12). The van der Waals surface area contributed by atoms with E-state index in [0.717, 1.165) is 12.8 Å².